The molecule has 11 nitrogen and oxygen atoms in total. The lowest BCUT2D eigenvalue weighted by Crippen LogP contribution is -2.48. The highest BCUT2D eigenvalue weighted by Gasteiger charge is 2.29. The zero-order valence-electron chi connectivity index (χ0n) is 25.7. The molecule has 1 rings (SSSR count). The van der Waals surface area contributed by atoms with Crippen LogP contribution in [0.2, 0.25) is 0 Å². The van der Waals surface area contributed by atoms with Crippen molar-refractivity contribution in [3.63, 3.8) is 0 Å². The summed E-state index contributed by atoms with van der Waals surface area (Å²) in [5.41, 5.74) is 0.0640. The summed E-state index contributed by atoms with van der Waals surface area (Å²) >= 11 is 0. The van der Waals surface area contributed by atoms with E-state index in [0.29, 0.717) is 6.42 Å². The molecule has 0 spiro atoms. The first-order chi connectivity index (χ1) is 19.5. The van der Waals surface area contributed by atoms with Crippen LogP contribution in [0.25, 0.3) is 0 Å². The zero-order valence-corrected chi connectivity index (χ0v) is 25.7. The summed E-state index contributed by atoms with van der Waals surface area (Å²) in [6.45, 7) is 10.5. The molecule has 0 aliphatic heterocycles. The average molecular weight is 588 g/mol. The van der Waals surface area contributed by atoms with Crippen LogP contribution in [0.5, 0.6) is 0 Å². The van der Waals surface area contributed by atoms with Gasteiger partial charge in [-0.25, -0.2) is 4.79 Å². The van der Waals surface area contributed by atoms with Crippen LogP contribution in [0.3, 0.4) is 0 Å². The van der Waals surface area contributed by atoms with Crippen LogP contribution >= 0.6 is 0 Å². The molecule has 2 unspecified atom stereocenters. The van der Waals surface area contributed by atoms with Crippen molar-refractivity contribution in [1.29, 1.82) is 0 Å². The summed E-state index contributed by atoms with van der Waals surface area (Å²) in [5.74, 6) is -4.69. The second kappa shape index (κ2) is 17.2. The van der Waals surface area contributed by atoms with Gasteiger partial charge in [0.05, 0.1) is 18.5 Å². The van der Waals surface area contributed by atoms with Crippen LogP contribution in [-0.4, -0.2) is 65.8 Å². The number of nitrogens with one attached hydrogen (secondary N) is 3. The van der Waals surface area contributed by atoms with E-state index in [-0.39, 0.29) is 31.0 Å². The Morgan fingerprint density at radius 1 is 0.833 bits per heavy atom. The fourth-order valence-electron chi connectivity index (χ4n) is 4.20. The van der Waals surface area contributed by atoms with E-state index in [0.717, 1.165) is 5.56 Å². The third-order valence-electron chi connectivity index (χ3n) is 6.24. The number of ether oxygens (including phenoxy) is 1. The second-order valence-electron chi connectivity index (χ2n) is 11.9. The molecule has 0 fully saturated rings. The number of rotatable bonds is 17. The molecule has 0 heterocycles. The number of hydrogen-bond donors (Lipinski definition) is 3. The molecule has 1 aromatic carbocycles. The van der Waals surface area contributed by atoms with E-state index in [1.165, 1.54) is 13.8 Å². The molecule has 42 heavy (non-hydrogen) atoms. The van der Waals surface area contributed by atoms with E-state index in [9.17, 15) is 33.6 Å². The van der Waals surface area contributed by atoms with Gasteiger partial charge in [-0.1, -0.05) is 44.2 Å². The van der Waals surface area contributed by atoms with Crippen LogP contribution in [0.4, 0.5) is 4.79 Å². The number of benzene rings is 1. The number of Topliss-reactive ketones (excluding diaryl/α,β-unsaturated/α-hetero) is 4. The minimum atomic E-state index is -1.05. The van der Waals surface area contributed by atoms with Crippen molar-refractivity contribution in [2.24, 2.45) is 17.8 Å². The normalized spacial score (nSPS) is 12.7. The van der Waals surface area contributed by atoms with Crippen molar-refractivity contribution in [2.75, 3.05) is 13.1 Å². The Hall–Kier alpha value is -3.89. The zero-order chi connectivity index (χ0) is 32.0. The summed E-state index contributed by atoms with van der Waals surface area (Å²) in [5, 5.41) is 7.57. The van der Waals surface area contributed by atoms with Crippen LogP contribution in [0.15, 0.2) is 30.3 Å². The van der Waals surface area contributed by atoms with Crippen LogP contribution in [-0.2, 0) is 39.9 Å². The number of hydrogen-bond acceptors (Lipinski definition) is 8. The van der Waals surface area contributed by atoms with Crippen molar-refractivity contribution in [2.45, 2.75) is 85.8 Å². The summed E-state index contributed by atoms with van der Waals surface area (Å²) in [6, 6.07) is 8.16. The fourth-order valence-corrected chi connectivity index (χ4v) is 4.20. The highest BCUT2D eigenvalue weighted by Crippen LogP contribution is 2.17. The van der Waals surface area contributed by atoms with Crippen molar-refractivity contribution in [1.82, 2.24) is 16.0 Å². The minimum absolute atomic E-state index is 0.0348. The van der Waals surface area contributed by atoms with Crippen LogP contribution in [0, 0.1) is 17.8 Å². The highest BCUT2D eigenvalue weighted by molar-refractivity contribution is 6.04. The number of carbonyl (C=O) groups is 7. The first-order valence-corrected chi connectivity index (χ1v) is 14.1. The lowest BCUT2D eigenvalue weighted by atomic mass is 9.89. The van der Waals surface area contributed by atoms with Crippen LogP contribution in [0.1, 0.15) is 73.3 Å². The van der Waals surface area contributed by atoms with E-state index in [2.05, 4.69) is 16.0 Å². The predicted octanol–water partition coefficient (Wildman–Crippen LogP) is 2.73. The summed E-state index contributed by atoms with van der Waals surface area (Å²) in [6.07, 6.45) is -0.773. The standard InChI is InChI=1S/C31H45N3O8/c1-19(2)13-26(34-28(39)18-33-30(41)42-31(5,6)7)27(38)15-23(14-22-11-9-8-10-12-22)29(40)32-17-24(37)16-25(20(3)35)21(4)36/h8-12,19,23,25-26H,13-18H2,1-7H3,(H,32,40)(H,33,41)(H,34,39). The van der Waals surface area contributed by atoms with E-state index in [1.807, 2.05) is 32.0 Å². The second-order valence-corrected chi connectivity index (χ2v) is 11.9. The van der Waals surface area contributed by atoms with Gasteiger partial charge in [-0.15, -0.1) is 0 Å². The molecule has 0 saturated carbocycles. The minimum Gasteiger partial charge on any atom is -0.444 e. The number of carbonyl (C=O) groups excluding carboxylic acids is 7. The molecule has 0 radical (unpaired) electrons. The maximum absolute atomic E-state index is 13.4. The van der Waals surface area contributed by atoms with E-state index in [1.54, 1.807) is 32.9 Å². The maximum atomic E-state index is 13.4. The van der Waals surface area contributed by atoms with E-state index in [4.69, 9.17) is 4.74 Å². The third kappa shape index (κ3) is 14.7. The number of ketones is 4. The number of alkyl carbamates (subject to hydrolysis) is 1. The molecule has 3 amide bonds. The van der Waals surface area contributed by atoms with Gasteiger partial charge in [0.2, 0.25) is 11.8 Å². The van der Waals surface area contributed by atoms with E-state index < -0.39 is 71.8 Å². The molecule has 232 valence electrons. The Labute approximate surface area is 247 Å². The maximum Gasteiger partial charge on any atom is 0.408 e. The van der Waals surface area contributed by atoms with Crippen LogP contribution < -0.4 is 16.0 Å². The molecule has 2 atom stereocenters. The Kier molecular flexibility index (Phi) is 14.8. The summed E-state index contributed by atoms with van der Waals surface area (Å²) < 4.78 is 5.13. The smallest absolute Gasteiger partial charge is 0.408 e. The molecule has 0 aliphatic rings. The summed E-state index contributed by atoms with van der Waals surface area (Å²) in [7, 11) is 0. The van der Waals surface area contributed by atoms with Gasteiger partial charge in [-0.05, 0) is 58.9 Å². The Morgan fingerprint density at radius 3 is 1.95 bits per heavy atom. The molecule has 3 N–H and O–H groups in total. The van der Waals surface area contributed by atoms with Gasteiger partial charge in [-0.3, -0.25) is 28.8 Å². The first kappa shape index (κ1) is 36.1. The van der Waals surface area contributed by atoms with Gasteiger partial charge in [0.1, 0.15) is 23.7 Å². The first-order valence-electron chi connectivity index (χ1n) is 14.1. The number of amides is 3. The monoisotopic (exact) mass is 587 g/mol. The Bertz CT molecular complexity index is 1110. The van der Waals surface area contributed by atoms with Gasteiger partial charge in [0, 0.05) is 18.8 Å². The lowest BCUT2D eigenvalue weighted by Gasteiger charge is -2.23. The molecule has 11 heteroatoms. The molecule has 0 saturated heterocycles. The van der Waals surface area contributed by atoms with Crippen molar-refractivity contribution >= 4 is 41.0 Å². The van der Waals surface area contributed by atoms with Gasteiger partial charge in [0.15, 0.2) is 11.6 Å². The topological polar surface area (TPSA) is 165 Å². The van der Waals surface area contributed by atoms with Crippen molar-refractivity contribution in [3.8, 4) is 0 Å². The summed E-state index contributed by atoms with van der Waals surface area (Å²) in [4.78, 5) is 86.9. The van der Waals surface area contributed by atoms with Crippen molar-refractivity contribution in [3.05, 3.63) is 35.9 Å². The molecule has 1 aromatic rings. The highest BCUT2D eigenvalue weighted by atomic mass is 16.6. The van der Waals surface area contributed by atoms with Gasteiger partial charge in [-0.2, -0.15) is 0 Å². The van der Waals surface area contributed by atoms with Gasteiger partial charge >= 0.3 is 6.09 Å². The lowest BCUT2D eigenvalue weighted by molar-refractivity contribution is -0.135. The Morgan fingerprint density at radius 2 is 1.43 bits per heavy atom. The quantitative estimate of drug-likeness (QED) is 0.234. The van der Waals surface area contributed by atoms with E-state index >= 15 is 0 Å². The third-order valence-corrected chi connectivity index (χ3v) is 6.24. The molecular formula is C31H45N3O8. The molecule has 0 aliphatic carbocycles. The molecular weight excluding hydrogens is 542 g/mol. The Balaban J connectivity index is 2.97. The average Bonchev–Trinajstić information content (AvgIpc) is 2.87. The largest absolute Gasteiger partial charge is 0.444 e. The van der Waals surface area contributed by atoms with Crippen molar-refractivity contribution < 1.29 is 38.3 Å². The predicted molar refractivity (Wildman–Crippen MR) is 156 cm³/mol. The van der Waals surface area contributed by atoms with Gasteiger partial charge in [0.25, 0.3) is 0 Å². The SMILES string of the molecule is CC(=O)C(CC(=O)CNC(=O)C(CC(=O)C(CC(C)C)NC(=O)CNC(=O)OC(C)(C)C)Cc1ccccc1)C(C)=O. The molecule has 0 bridgehead atoms. The fraction of sp³-hybridized carbons (Fsp3) is 0.581. The molecule has 0 aromatic heterocycles. The van der Waals surface area contributed by atoms with Gasteiger partial charge < -0.3 is 20.7 Å².